The summed E-state index contributed by atoms with van der Waals surface area (Å²) in [6.45, 7) is 1.76. The van der Waals surface area contributed by atoms with Crippen LogP contribution in [0.5, 0.6) is 0 Å². The number of rotatable bonds is 3. The summed E-state index contributed by atoms with van der Waals surface area (Å²) in [7, 11) is 1.73. The minimum Gasteiger partial charge on any atom is -0.380 e. The number of aromatic nitrogens is 2. The zero-order valence-corrected chi connectivity index (χ0v) is 9.30. The third kappa shape index (κ3) is 2.36. The Balaban J connectivity index is 2.07. The largest absolute Gasteiger partial charge is 0.380 e. The van der Waals surface area contributed by atoms with Crippen molar-refractivity contribution in [2.24, 2.45) is 0 Å². The van der Waals surface area contributed by atoms with Gasteiger partial charge in [0.15, 0.2) is 6.29 Å². The second-order valence-electron chi connectivity index (χ2n) is 3.88. The highest BCUT2D eigenvalue weighted by Gasteiger charge is 2.21. The maximum absolute atomic E-state index is 10.5. The van der Waals surface area contributed by atoms with E-state index in [1.54, 1.807) is 19.5 Å². The average Bonchev–Trinajstić information content (AvgIpc) is 2.39. The first kappa shape index (κ1) is 11.0. The molecule has 0 amide bonds. The molecule has 0 bridgehead atoms. The first-order chi connectivity index (χ1) is 7.83. The lowest BCUT2D eigenvalue weighted by Gasteiger charge is -2.31. The van der Waals surface area contributed by atoms with Crippen LogP contribution in [-0.2, 0) is 4.74 Å². The zero-order valence-electron chi connectivity index (χ0n) is 9.30. The van der Waals surface area contributed by atoms with Crippen LogP contribution in [0.1, 0.15) is 23.2 Å². The molecule has 1 aromatic heterocycles. The molecule has 2 rings (SSSR count). The molecule has 0 radical (unpaired) electrons. The third-order valence-corrected chi connectivity index (χ3v) is 2.79. The van der Waals surface area contributed by atoms with Gasteiger partial charge in [-0.05, 0) is 12.8 Å². The highest BCUT2D eigenvalue weighted by Crippen LogP contribution is 2.16. The molecule has 0 saturated carbocycles. The maximum Gasteiger partial charge on any atom is 0.225 e. The molecule has 1 fully saturated rings. The molecule has 2 heterocycles. The van der Waals surface area contributed by atoms with Crippen LogP contribution in [0.15, 0.2) is 12.4 Å². The Kier molecular flexibility index (Phi) is 3.46. The summed E-state index contributed by atoms with van der Waals surface area (Å²) in [6.07, 6.45) is 6.26. The lowest BCUT2D eigenvalue weighted by Crippen LogP contribution is -2.40. The summed E-state index contributed by atoms with van der Waals surface area (Å²) < 4.78 is 5.33. The maximum atomic E-state index is 10.5. The van der Waals surface area contributed by atoms with Crippen molar-refractivity contribution < 1.29 is 9.53 Å². The van der Waals surface area contributed by atoms with Crippen molar-refractivity contribution in [2.75, 3.05) is 25.1 Å². The first-order valence-electron chi connectivity index (χ1n) is 5.38. The quantitative estimate of drug-likeness (QED) is 0.710. The molecule has 0 aliphatic carbocycles. The minimum absolute atomic E-state index is 0.253. The highest BCUT2D eigenvalue weighted by molar-refractivity contribution is 5.73. The molecule has 0 spiro atoms. The number of carbonyl (C=O) groups is 1. The number of anilines is 1. The van der Waals surface area contributed by atoms with Gasteiger partial charge in [0, 0.05) is 32.6 Å². The lowest BCUT2D eigenvalue weighted by atomic mass is 10.1. The number of nitrogens with zero attached hydrogens (tertiary/aromatic N) is 3. The summed E-state index contributed by atoms with van der Waals surface area (Å²) in [5, 5.41) is 0. The summed E-state index contributed by atoms with van der Waals surface area (Å²) in [5.74, 6) is 0.673. The summed E-state index contributed by atoms with van der Waals surface area (Å²) in [5.41, 5.74) is 0.504. The van der Waals surface area contributed by atoms with Crippen molar-refractivity contribution in [1.82, 2.24) is 9.97 Å². The van der Waals surface area contributed by atoms with Gasteiger partial charge in [0.1, 0.15) is 0 Å². The molecule has 5 heteroatoms. The normalized spacial score (nSPS) is 20.8. The number of carbonyl (C=O) groups excluding carboxylic acids is 1. The van der Waals surface area contributed by atoms with E-state index in [1.165, 1.54) is 0 Å². The van der Waals surface area contributed by atoms with Crippen LogP contribution in [0.2, 0.25) is 0 Å². The molecule has 0 N–H and O–H groups in total. The van der Waals surface area contributed by atoms with Crippen molar-refractivity contribution in [3.05, 3.63) is 18.0 Å². The smallest absolute Gasteiger partial charge is 0.225 e. The molecule has 1 atom stereocenters. The number of methoxy groups -OCH3 is 1. The van der Waals surface area contributed by atoms with Crippen molar-refractivity contribution >= 4 is 12.2 Å². The van der Waals surface area contributed by atoms with Crippen molar-refractivity contribution in [2.45, 2.75) is 18.9 Å². The van der Waals surface area contributed by atoms with E-state index in [2.05, 4.69) is 14.9 Å². The number of ether oxygens (including phenoxy) is 1. The van der Waals surface area contributed by atoms with Crippen LogP contribution in [0.4, 0.5) is 5.95 Å². The van der Waals surface area contributed by atoms with E-state index in [0.717, 1.165) is 32.2 Å². The molecule has 1 aromatic rings. The second kappa shape index (κ2) is 5.03. The van der Waals surface area contributed by atoms with Crippen LogP contribution in [-0.4, -0.2) is 42.6 Å². The molecule has 1 aliphatic rings. The van der Waals surface area contributed by atoms with E-state index in [-0.39, 0.29) is 6.10 Å². The summed E-state index contributed by atoms with van der Waals surface area (Å²) in [6, 6.07) is 0. The van der Waals surface area contributed by atoms with Gasteiger partial charge in [-0.1, -0.05) is 0 Å². The van der Waals surface area contributed by atoms with Crippen LogP contribution in [0, 0.1) is 0 Å². The topological polar surface area (TPSA) is 55.3 Å². The number of piperidine rings is 1. The van der Waals surface area contributed by atoms with Gasteiger partial charge in [0.2, 0.25) is 5.95 Å². The van der Waals surface area contributed by atoms with Gasteiger partial charge in [-0.15, -0.1) is 0 Å². The predicted octanol–water partition coefficient (Wildman–Crippen LogP) is 0.904. The van der Waals surface area contributed by atoms with Crippen LogP contribution >= 0.6 is 0 Å². The Hall–Kier alpha value is -1.49. The lowest BCUT2D eigenvalue weighted by molar-refractivity contribution is 0.0889. The Morgan fingerprint density at radius 3 is 2.88 bits per heavy atom. The monoisotopic (exact) mass is 221 g/mol. The van der Waals surface area contributed by atoms with E-state index in [9.17, 15) is 4.79 Å². The third-order valence-electron chi connectivity index (χ3n) is 2.79. The molecule has 1 saturated heterocycles. The molecule has 16 heavy (non-hydrogen) atoms. The SMILES string of the molecule is COC1CCCN(c2ncc(C=O)cn2)C1. The molecule has 86 valence electrons. The number of hydrogen-bond acceptors (Lipinski definition) is 5. The Bertz CT molecular complexity index is 353. The molecule has 1 aliphatic heterocycles. The fourth-order valence-electron chi connectivity index (χ4n) is 1.87. The van der Waals surface area contributed by atoms with Crippen LogP contribution in [0.3, 0.4) is 0 Å². The number of hydrogen-bond donors (Lipinski definition) is 0. The minimum atomic E-state index is 0.253. The standard InChI is InChI=1S/C11H15N3O2/c1-16-10-3-2-4-14(7-10)11-12-5-9(8-15)6-13-11/h5-6,8,10H,2-4,7H2,1H3. The predicted molar refractivity (Wildman–Crippen MR) is 59.7 cm³/mol. The fraction of sp³-hybridized carbons (Fsp3) is 0.545. The van der Waals surface area contributed by atoms with E-state index >= 15 is 0 Å². The van der Waals surface area contributed by atoms with E-state index in [4.69, 9.17) is 4.74 Å². The highest BCUT2D eigenvalue weighted by atomic mass is 16.5. The van der Waals surface area contributed by atoms with Crippen molar-refractivity contribution in [3.8, 4) is 0 Å². The van der Waals surface area contributed by atoms with Gasteiger partial charge < -0.3 is 9.64 Å². The average molecular weight is 221 g/mol. The van der Waals surface area contributed by atoms with E-state index in [1.807, 2.05) is 0 Å². The Morgan fingerprint density at radius 2 is 2.25 bits per heavy atom. The molecular formula is C11H15N3O2. The van der Waals surface area contributed by atoms with Crippen LogP contribution < -0.4 is 4.90 Å². The fourth-order valence-corrected chi connectivity index (χ4v) is 1.87. The van der Waals surface area contributed by atoms with Crippen LogP contribution in [0.25, 0.3) is 0 Å². The molecule has 5 nitrogen and oxygen atoms in total. The second-order valence-corrected chi connectivity index (χ2v) is 3.88. The molecular weight excluding hydrogens is 206 g/mol. The molecule has 0 aromatic carbocycles. The van der Waals surface area contributed by atoms with Gasteiger partial charge in [0.25, 0.3) is 0 Å². The van der Waals surface area contributed by atoms with E-state index < -0.39 is 0 Å². The summed E-state index contributed by atoms with van der Waals surface area (Å²) in [4.78, 5) is 20.9. The van der Waals surface area contributed by atoms with Gasteiger partial charge in [-0.3, -0.25) is 4.79 Å². The van der Waals surface area contributed by atoms with Crippen molar-refractivity contribution in [3.63, 3.8) is 0 Å². The van der Waals surface area contributed by atoms with Gasteiger partial charge >= 0.3 is 0 Å². The number of aldehydes is 1. The zero-order chi connectivity index (χ0) is 11.4. The van der Waals surface area contributed by atoms with Gasteiger partial charge in [0.05, 0.1) is 11.7 Å². The van der Waals surface area contributed by atoms with E-state index in [0.29, 0.717) is 11.5 Å². The Labute approximate surface area is 94.5 Å². The van der Waals surface area contributed by atoms with Crippen molar-refractivity contribution in [1.29, 1.82) is 0 Å². The Morgan fingerprint density at radius 1 is 1.50 bits per heavy atom. The first-order valence-corrected chi connectivity index (χ1v) is 5.38. The molecule has 1 unspecified atom stereocenters. The van der Waals surface area contributed by atoms with Gasteiger partial charge in [-0.25, -0.2) is 9.97 Å². The summed E-state index contributed by atoms with van der Waals surface area (Å²) >= 11 is 0. The van der Waals surface area contributed by atoms with Gasteiger partial charge in [-0.2, -0.15) is 0 Å².